The summed E-state index contributed by atoms with van der Waals surface area (Å²) in [7, 11) is 1.64. The number of carbonyl (C=O) groups excluding carboxylic acids is 1. The van der Waals surface area contributed by atoms with E-state index in [0.717, 1.165) is 39.1 Å². The highest BCUT2D eigenvalue weighted by atomic mass is 79.9. The number of fused-ring (bicyclic) bond motifs is 1. The molecule has 3 nitrogen and oxygen atoms in total. The summed E-state index contributed by atoms with van der Waals surface area (Å²) in [6, 6.07) is 11.5. The topological polar surface area (TPSA) is 35.5 Å². The molecule has 4 heteroatoms. The average molecular weight is 347 g/mol. The van der Waals surface area contributed by atoms with Gasteiger partial charge in [0.1, 0.15) is 18.1 Å². The Hall–Kier alpha value is -1.81. The summed E-state index contributed by atoms with van der Waals surface area (Å²) in [5, 5.41) is 0. The molecule has 21 heavy (non-hydrogen) atoms. The third kappa shape index (κ3) is 2.95. The number of ketones is 1. The van der Waals surface area contributed by atoms with Crippen molar-refractivity contribution in [3.63, 3.8) is 0 Å². The van der Waals surface area contributed by atoms with Crippen LogP contribution in [0.5, 0.6) is 11.5 Å². The van der Waals surface area contributed by atoms with Crippen LogP contribution in [0.4, 0.5) is 0 Å². The van der Waals surface area contributed by atoms with Crippen molar-refractivity contribution < 1.29 is 14.3 Å². The van der Waals surface area contributed by atoms with Crippen LogP contribution in [-0.2, 0) is 13.0 Å². The molecule has 0 N–H and O–H groups in total. The Kier molecular flexibility index (Phi) is 3.97. The van der Waals surface area contributed by atoms with E-state index in [2.05, 4.69) is 15.9 Å². The average Bonchev–Trinajstić information content (AvgIpc) is 2.87. The van der Waals surface area contributed by atoms with Crippen LogP contribution in [0.3, 0.4) is 0 Å². The normalized spacial score (nSPS) is 13.1. The zero-order chi connectivity index (χ0) is 14.8. The largest absolute Gasteiger partial charge is 0.497 e. The minimum Gasteiger partial charge on any atom is -0.497 e. The molecule has 2 aromatic rings. The highest BCUT2D eigenvalue weighted by Gasteiger charge is 2.19. The molecule has 1 aliphatic carbocycles. The van der Waals surface area contributed by atoms with Crippen LogP contribution >= 0.6 is 15.9 Å². The lowest BCUT2D eigenvalue weighted by Gasteiger charge is -2.10. The minimum absolute atomic E-state index is 0.229. The van der Waals surface area contributed by atoms with Gasteiger partial charge in [-0.2, -0.15) is 0 Å². The maximum atomic E-state index is 11.6. The first-order valence-corrected chi connectivity index (χ1v) is 7.58. The zero-order valence-electron chi connectivity index (χ0n) is 11.7. The third-order valence-electron chi connectivity index (χ3n) is 3.65. The molecule has 0 aromatic heterocycles. The fourth-order valence-electron chi connectivity index (χ4n) is 2.47. The number of benzene rings is 2. The van der Waals surface area contributed by atoms with Crippen molar-refractivity contribution in [2.45, 2.75) is 19.4 Å². The van der Waals surface area contributed by atoms with E-state index in [-0.39, 0.29) is 5.78 Å². The smallest absolute Gasteiger partial charge is 0.163 e. The van der Waals surface area contributed by atoms with Crippen LogP contribution in [0.1, 0.15) is 27.9 Å². The number of hydrogen-bond acceptors (Lipinski definition) is 3. The molecule has 108 valence electrons. The van der Waals surface area contributed by atoms with E-state index in [1.165, 1.54) is 0 Å². The summed E-state index contributed by atoms with van der Waals surface area (Å²) in [6.45, 7) is 0.449. The Morgan fingerprint density at radius 3 is 2.71 bits per heavy atom. The number of Topliss-reactive ketones (excluding diaryl/α,β-unsaturated/α-hetero) is 1. The van der Waals surface area contributed by atoms with E-state index in [0.29, 0.717) is 13.0 Å². The monoisotopic (exact) mass is 346 g/mol. The van der Waals surface area contributed by atoms with Crippen LogP contribution in [0.25, 0.3) is 0 Å². The third-order valence-corrected chi connectivity index (χ3v) is 4.42. The number of ether oxygens (including phenoxy) is 2. The van der Waals surface area contributed by atoms with Gasteiger partial charge in [0, 0.05) is 22.0 Å². The quantitative estimate of drug-likeness (QED) is 0.833. The van der Waals surface area contributed by atoms with E-state index < -0.39 is 0 Å². The molecule has 0 spiro atoms. The predicted octanol–water partition coefficient (Wildman–Crippen LogP) is 4.17. The molecule has 2 aromatic carbocycles. The summed E-state index contributed by atoms with van der Waals surface area (Å²) in [5.74, 6) is 1.82. The van der Waals surface area contributed by atoms with Gasteiger partial charge in [-0.1, -0.05) is 15.9 Å². The zero-order valence-corrected chi connectivity index (χ0v) is 13.3. The lowest BCUT2D eigenvalue weighted by atomic mass is 10.1. The van der Waals surface area contributed by atoms with E-state index in [1.807, 2.05) is 36.4 Å². The van der Waals surface area contributed by atoms with E-state index in [9.17, 15) is 4.79 Å². The van der Waals surface area contributed by atoms with Crippen LogP contribution in [0.2, 0.25) is 0 Å². The molecule has 0 atom stereocenters. The molecule has 0 unspecified atom stereocenters. The molecule has 0 heterocycles. The predicted molar refractivity (Wildman–Crippen MR) is 84.1 cm³/mol. The lowest BCUT2D eigenvalue weighted by Crippen LogP contribution is -1.98. The highest BCUT2D eigenvalue weighted by molar-refractivity contribution is 9.10. The molecule has 0 saturated heterocycles. The molecule has 1 aliphatic rings. The van der Waals surface area contributed by atoms with Gasteiger partial charge >= 0.3 is 0 Å². The molecule has 0 fully saturated rings. The molecule has 0 radical (unpaired) electrons. The van der Waals surface area contributed by atoms with Crippen LogP contribution in [0, 0.1) is 0 Å². The fourth-order valence-corrected chi connectivity index (χ4v) is 2.83. The van der Waals surface area contributed by atoms with E-state index in [1.54, 1.807) is 7.11 Å². The van der Waals surface area contributed by atoms with Crippen molar-refractivity contribution in [1.82, 2.24) is 0 Å². The van der Waals surface area contributed by atoms with Crippen molar-refractivity contribution in [3.05, 3.63) is 57.6 Å². The second kappa shape index (κ2) is 5.90. The minimum atomic E-state index is 0.229. The Morgan fingerprint density at radius 2 is 1.90 bits per heavy atom. The molecule has 0 bridgehead atoms. The first kappa shape index (κ1) is 14.1. The fraction of sp³-hybridized carbons (Fsp3) is 0.235. The Labute approximate surface area is 132 Å². The van der Waals surface area contributed by atoms with Crippen molar-refractivity contribution in [2.24, 2.45) is 0 Å². The molecule has 0 saturated carbocycles. The Morgan fingerprint density at radius 1 is 1.10 bits per heavy atom. The van der Waals surface area contributed by atoms with Crippen LogP contribution < -0.4 is 9.47 Å². The molecule has 3 rings (SSSR count). The lowest BCUT2D eigenvalue weighted by molar-refractivity contribution is 0.0994. The number of aryl methyl sites for hydroxylation is 1. The van der Waals surface area contributed by atoms with Crippen molar-refractivity contribution in [3.8, 4) is 11.5 Å². The summed E-state index contributed by atoms with van der Waals surface area (Å²) in [4.78, 5) is 11.6. The number of methoxy groups -OCH3 is 1. The summed E-state index contributed by atoms with van der Waals surface area (Å²) in [5.41, 5.74) is 2.94. The highest BCUT2D eigenvalue weighted by Crippen LogP contribution is 2.28. The summed E-state index contributed by atoms with van der Waals surface area (Å²) in [6.07, 6.45) is 1.43. The van der Waals surface area contributed by atoms with Gasteiger partial charge in [-0.05, 0) is 48.4 Å². The van der Waals surface area contributed by atoms with Gasteiger partial charge in [0.2, 0.25) is 0 Å². The van der Waals surface area contributed by atoms with Gasteiger partial charge in [0.05, 0.1) is 7.11 Å². The van der Waals surface area contributed by atoms with Gasteiger partial charge in [-0.15, -0.1) is 0 Å². The molecular formula is C17H15BrO3. The number of rotatable bonds is 4. The van der Waals surface area contributed by atoms with Crippen molar-refractivity contribution in [1.29, 1.82) is 0 Å². The maximum absolute atomic E-state index is 11.6. The van der Waals surface area contributed by atoms with E-state index >= 15 is 0 Å². The van der Waals surface area contributed by atoms with Gasteiger partial charge in [-0.25, -0.2) is 0 Å². The first-order valence-electron chi connectivity index (χ1n) is 6.79. The summed E-state index contributed by atoms with van der Waals surface area (Å²) < 4.78 is 12.0. The first-order chi connectivity index (χ1) is 10.2. The van der Waals surface area contributed by atoms with E-state index in [4.69, 9.17) is 9.47 Å². The Bertz CT molecular complexity index is 694. The van der Waals surface area contributed by atoms with Crippen LogP contribution in [-0.4, -0.2) is 12.9 Å². The molecular weight excluding hydrogens is 332 g/mol. The molecule has 0 aliphatic heterocycles. The van der Waals surface area contributed by atoms with Gasteiger partial charge in [-0.3, -0.25) is 4.79 Å². The van der Waals surface area contributed by atoms with Crippen LogP contribution in [0.15, 0.2) is 40.9 Å². The van der Waals surface area contributed by atoms with Crippen molar-refractivity contribution >= 4 is 21.7 Å². The second-order valence-corrected chi connectivity index (χ2v) is 5.84. The number of carbonyl (C=O) groups is 1. The summed E-state index contributed by atoms with van der Waals surface area (Å²) >= 11 is 3.51. The molecule has 0 amide bonds. The van der Waals surface area contributed by atoms with Gasteiger partial charge in [0.15, 0.2) is 5.78 Å². The SMILES string of the molecule is COc1ccc(Br)c(COc2ccc3c(c2)CCC3=O)c1. The second-order valence-electron chi connectivity index (χ2n) is 4.99. The van der Waals surface area contributed by atoms with Gasteiger partial charge < -0.3 is 9.47 Å². The Balaban J connectivity index is 1.75. The number of halogens is 1. The maximum Gasteiger partial charge on any atom is 0.163 e. The van der Waals surface area contributed by atoms with Crippen molar-refractivity contribution in [2.75, 3.05) is 7.11 Å². The van der Waals surface area contributed by atoms with Gasteiger partial charge in [0.25, 0.3) is 0 Å². The number of hydrogen-bond donors (Lipinski definition) is 0. The standard InChI is InChI=1S/C17H15BrO3/c1-20-13-4-6-16(18)12(9-13)10-21-14-3-5-15-11(8-14)2-7-17(15)19/h3-6,8-9H,2,7,10H2,1H3.